The first-order chi connectivity index (χ1) is 8.72. The number of hydrogen-bond acceptors (Lipinski definition) is 5. The average molecular weight is 252 g/mol. The Labute approximate surface area is 109 Å². The van der Waals surface area contributed by atoms with Crippen LogP contribution < -0.4 is 5.73 Å². The zero-order valence-corrected chi connectivity index (χ0v) is 11.4. The Morgan fingerprint density at radius 3 is 2.61 bits per heavy atom. The molecule has 0 atom stereocenters. The summed E-state index contributed by atoms with van der Waals surface area (Å²) in [6.45, 7) is 3.37. The molecule has 0 spiro atoms. The van der Waals surface area contributed by atoms with Crippen molar-refractivity contribution in [1.82, 2.24) is 15.0 Å². The van der Waals surface area contributed by atoms with Crippen molar-refractivity contribution in [2.24, 2.45) is 11.7 Å². The molecule has 1 heterocycles. The van der Waals surface area contributed by atoms with Crippen LogP contribution in [0.4, 0.5) is 0 Å². The lowest BCUT2D eigenvalue weighted by molar-refractivity contribution is 0.153. The summed E-state index contributed by atoms with van der Waals surface area (Å²) in [5.74, 6) is 2.20. The fourth-order valence-corrected chi connectivity index (χ4v) is 2.78. The van der Waals surface area contributed by atoms with Gasteiger partial charge < -0.3 is 10.3 Å². The smallest absolute Gasteiger partial charge is 0.240 e. The second kappa shape index (κ2) is 6.29. The molecular formula is C13H24N4O. The van der Waals surface area contributed by atoms with Crippen LogP contribution in [0.25, 0.3) is 0 Å². The molecule has 0 saturated heterocycles. The molecular weight excluding hydrogens is 228 g/mol. The maximum atomic E-state index is 5.46. The second-order valence-corrected chi connectivity index (χ2v) is 5.31. The molecule has 0 aliphatic heterocycles. The van der Waals surface area contributed by atoms with Crippen molar-refractivity contribution in [3.63, 3.8) is 0 Å². The summed E-state index contributed by atoms with van der Waals surface area (Å²) in [6.07, 6.45) is 6.60. The molecule has 1 fully saturated rings. The van der Waals surface area contributed by atoms with Gasteiger partial charge in [-0.05, 0) is 38.6 Å². The van der Waals surface area contributed by atoms with Crippen LogP contribution in [0.5, 0.6) is 0 Å². The molecule has 1 aliphatic carbocycles. The first-order valence-electron chi connectivity index (χ1n) is 6.94. The van der Waals surface area contributed by atoms with Crippen molar-refractivity contribution < 1.29 is 4.52 Å². The Morgan fingerprint density at radius 1 is 1.33 bits per heavy atom. The van der Waals surface area contributed by atoms with E-state index in [9.17, 15) is 0 Å². The topological polar surface area (TPSA) is 68.2 Å². The molecule has 1 saturated carbocycles. The Kier molecular flexibility index (Phi) is 4.72. The Balaban J connectivity index is 1.82. The molecule has 1 aromatic heterocycles. The van der Waals surface area contributed by atoms with Crippen molar-refractivity contribution >= 4 is 0 Å². The third-order valence-corrected chi connectivity index (χ3v) is 4.09. The first kappa shape index (κ1) is 13.5. The zero-order chi connectivity index (χ0) is 13.0. The van der Waals surface area contributed by atoms with Gasteiger partial charge in [0.2, 0.25) is 5.89 Å². The molecule has 2 rings (SSSR count). The molecule has 0 amide bonds. The van der Waals surface area contributed by atoms with E-state index in [2.05, 4.69) is 29.0 Å². The van der Waals surface area contributed by atoms with Crippen molar-refractivity contribution in [3.8, 4) is 0 Å². The molecule has 0 aromatic carbocycles. The van der Waals surface area contributed by atoms with Crippen LogP contribution in [0.3, 0.4) is 0 Å². The maximum Gasteiger partial charge on any atom is 0.240 e. The van der Waals surface area contributed by atoms with Crippen molar-refractivity contribution in [3.05, 3.63) is 11.7 Å². The predicted octanol–water partition coefficient (Wildman–Crippen LogP) is 1.93. The van der Waals surface area contributed by atoms with E-state index in [1.165, 1.54) is 32.1 Å². The Morgan fingerprint density at radius 2 is 2.06 bits per heavy atom. The molecule has 1 aliphatic rings. The molecule has 0 bridgehead atoms. The van der Waals surface area contributed by atoms with Gasteiger partial charge in [0.1, 0.15) is 0 Å². The summed E-state index contributed by atoms with van der Waals surface area (Å²) < 4.78 is 5.02. The van der Waals surface area contributed by atoms with E-state index in [1.54, 1.807) is 0 Å². The molecule has 0 unspecified atom stereocenters. The third kappa shape index (κ3) is 3.29. The molecule has 18 heavy (non-hydrogen) atoms. The van der Waals surface area contributed by atoms with Crippen molar-refractivity contribution in [2.75, 3.05) is 7.05 Å². The number of hydrogen-bond donors (Lipinski definition) is 1. The van der Waals surface area contributed by atoms with E-state index in [-0.39, 0.29) is 0 Å². The van der Waals surface area contributed by atoms with E-state index in [0.29, 0.717) is 18.5 Å². The number of nitrogens with two attached hydrogens (primary N) is 1. The van der Waals surface area contributed by atoms with E-state index in [0.717, 1.165) is 18.3 Å². The van der Waals surface area contributed by atoms with E-state index in [4.69, 9.17) is 10.3 Å². The minimum Gasteiger partial charge on any atom is -0.338 e. The average Bonchev–Trinajstić information content (AvgIpc) is 2.86. The summed E-state index contributed by atoms with van der Waals surface area (Å²) in [6, 6.07) is 0.660. The summed E-state index contributed by atoms with van der Waals surface area (Å²) in [4.78, 5) is 6.59. The van der Waals surface area contributed by atoms with Gasteiger partial charge in [-0.25, -0.2) is 0 Å². The van der Waals surface area contributed by atoms with Gasteiger partial charge in [0.15, 0.2) is 5.82 Å². The SMILES string of the molecule is CCC1CCC(N(C)Cc2noc(CN)n2)CC1. The fourth-order valence-electron chi connectivity index (χ4n) is 2.78. The minimum absolute atomic E-state index is 0.318. The van der Waals surface area contributed by atoms with E-state index in [1.807, 2.05) is 0 Å². The van der Waals surface area contributed by atoms with Crippen molar-refractivity contribution in [2.45, 2.75) is 58.2 Å². The fraction of sp³-hybridized carbons (Fsp3) is 0.846. The summed E-state index contributed by atoms with van der Waals surface area (Å²) >= 11 is 0. The molecule has 2 N–H and O–H groups in total. The highest BCUT2D eigenvalue weighted by atomic mass is 16.5. The largest absolute Gasteiger partial charge is 0.338 e. The Bertz CT molecular complexity index is 358. The maximum absolute atomic E-state index is 5.46. The number of nitrogens with zero attached hydrogens (tertiary/aromatic N) is 3. The van der Waals surface area contributed by atoms with E-state index < -0.39 is 0 Å². The normalized spacial score (nSPS) is 24.7. The Hall–Kier alpha value is -0.940. The lowest BCUT2D eigenvalue weighted by Crippen LogP contribution is -2.34. The molecule has 1 aromatic rings. The van der Waals surface area contributed by atoms with Gasteiger partial charge in [0.05, 0.1) is 13.1 Å². The van der Waals surface area contributed by atoms with Gasteiger partial charge in [0, 0.05) is 6.04 Å². The highest BCUT2D eigenvalue weighted by Gasteiger charge is 2.23. The van der Waals surface area contributed by atoms with Crippen molar-refractivity contribution in [1.29, 1.82) is 0 Å². The monoisotopic (exact) mass is 252 g/mol. The van der Waals surface area contributed by atoms with Gasteiger partial charge >= 0.3 is 0 Å². The van der Waals surface area contributed by atoms with Crippen LogP contribution in [-0.4, -0.2) is 28.1 Å². The van der Waals surface area contributed by atoms with E-state index >= 15 is 0 Å². The quantitative estimate of drug-likeness (QED) is 0.867. The number of rotatable bonds is 5. The number of aromatic nitrogens is 2. The van der Waals surface area contributed by atoms with Crippen LogP contribution in [0.15, 0.2) is 4.52 Å². The molecule has 5 heteroatoms. The lowest BCUT2D eigenvalue weighted by atomic mass is 9.84. The van der Waals surface area contributed by atoms with Gasteiger partial charge in [-0.2, -0.15) is 4.98 Å². The second-order valence-electron chi connectivity index (χ2n) is 5.31. The first-order valence-corrected chi connectivity index (χ1v) is 6.94. The van der Waals surface area contributed by atoms with Crippen LogP contribution in [0.2, 0.25) is 0 Å². The molecule has 102 valence electrons. The van der Waals surface area contributed by atoms with Gasteiger partial charge in [0.25, 0.3) is 0 Å². The zero-order valence-electron chi connectivity index (χ0n) is 11.4. The van der Waals surface area contributed by atoms with Crippen LogP contribution in [0, 0.1) is 5.92 Å². The lowest BCUT2D eigenvalue weighted by Gasteiger charge is -2.33. The van der Waals surface area contributed by atoms with Crippen LogP contribution >= 0.6 is 0 Å². The summed E-state index contributed by atoms with van der Waals surface area (Å²) in [5.41, 5.74) is 5.46. The highest BCUT2D eigenvalue weighted by Crippen LogP contribution is 2.29. The summed E-state index contributed by atoms with van der Waals surface area (Å²) in [5, 5.41) is 3.95. The van der Waals surface area contributed by atoms with Crippen LogP contribution in [0.1, 0.15) is 50.7 Å². The highest BCUT2D eigenvalue weighted by molar-refractivity contribution is 4.87. The summed E-state index contributed by atoms with van der Waals surface area (Å²) in [7, 11) is 2.15. The third-order valence-electron chi connectivity index (χ3n) is 4.09. The van der Waals surface area contributed by atoms with Crippen LogP contribution in [-0.2, 0) is 13.1 Å². The van der Waals surface area contributed by atoms with Gasteiger partial charge in [-0.3, -0.25) is 4.90 Å². The van der Waals surface area contributed by atoms with Gasteiger partial charge in [-0.1, -0.05) is 18.5 Å². The standard InChI is InChI=1S/C13H24N4O/c1-3-10-4-6-11(7-5-10)17(2)9-12-15-13(8-14)18-16-12/h10-11H,3-9,14H2,1-2H3. The minimum atomic E-state index is 0.318. The predicted molar refractivity (Wildman–Crippen MR) is 69.7 cm³/mol. The van der Waals surface area contributed by atoms with Gasteiger partial charge in [-0.15, -0.1) is 0 Å². The molecule has 5 nitrogen and oxygen atoms in total. The molecule has 0 radical (unpaired) electrons.